The van der Waals surface area contributed by atoms with E-state index in [1.165, 1.54) is 6.08 Å². The molecular weight excluding hydrogens is 180 g/mol. The minimum Gasteiger partial charge on any atom is -0.496 e. The van der Waals surface area contributed by atoms with Gasteiger partial charge in [-0.05, 0) is 18.2 Å². The minimum absolute atomic E-state index is 0.249. The van der Waals surface area contributed by atoms with Crippen molar-refractivity contribution < 1.29 is 14.6 Å². The summed E-state index contributed by atoms with van der Waals surface area (Å²) in [5, 5.41) is 10.3. The summed E-state index contributed by atoms with van der Waals surface area (Å²) in [6, 6.07) is 5.49. The van der Waals surface area contributed by atoms with Gasteiger partial charge in [0.2, 0.25) is 0 Å². The van der Waals surface area contributed by atoms with Crippen LogP contribution in [0.15, 0.2) is 24.3 Å². The highest BCUT2D eigenvalue weighted by molar-refractivity contribution is 5.64. The molecule has 0 aliphatic rings. The number of hydrogen-bond donors (Lipinski definition) is 0. The first-order valence-corrected chi connectivity index (χ1v) is 4.29. The Morgan fingerprint density at radius 2 is 1.79 bits per heavy atom. The molecule has 0 saturated heterocycles. The molecule has 0 atom stereocenters. The molecule has 1 radical (unpaired) electrons. The Balaban J connectivity index is 3.12. The molecule has 0 unspecified atom stereocenters. The molecule has 0 aliphatic carbocycles. The van der Waals surface area contributed by atoms with E-state index in [1.807, 2.05) is 18.2 Å². The lowest BCUT2D eigenvalue weighted by atomic mass is 10.1. The number of benzene rings is 1. The van der Waals surface area contributed by atoms with Crippen LogP contribution in [-0.4, -0.2) is 20.8 Å². The van der Waals surface area contributed by atoms with Gasteiger partial charge in [-0.15, -0.1) is 0 Å². The maximum absolute atomic E-state index is 10.3. The van der Waals surface area contributed by atoms with E-state index in [0.29, 0.717) is 11.5 Å². The number of methoxy groups -OCH3 is 2. The van der Waals surface area contributed by atoms with Crippen LogP contribution in [0.25, 0.3) is 6.08 Å². The molecule has 75 valence electrons. The molecule has 0 spiro atoms. The first kappa shape index (κ1) is 10.6. The van der Waals surface area contributed by atoms with Gasteiger partial charge in [-0.1, -0.05) is 12.1 Å². The molecule has 0 N–H and O–H groups in total. The molecule has 3 heteroatoms. The van der Waals surface area contributed by atoms with Crippen LogP contribution in [0.2, 0.25) is 0 Å². The minimum atomic E-state index is -0.249. The third kappa shape index (κ3) is 2.26. The van der Waals surface area contributed by atoms with Crippen LogP contribution >= 0.6 is 0 Å². The molecule has 14 heavy (non-hydrogen) atoms. The van der Waals surface area contributed by atoms with Crippen LogP contribution in [0.4, 0.5) is 0 Å². The van der Waals surface area contributed by atoms with E-state index in [0.717, 1.165) is 5.56 Å². The highest BCUT2D eigenvalue weighted by atomic mass is 16.5. The predicted octanol–water partition coefficient (Wildman–Crippen LogP) is 2.15. The van der Waals surface area contributed by atoms with Gasteiger partial charge in [-0.3, -0.25) is 0 Å². The predicted molar refractivity (Wildman–Crippen MR) is 54.1 cm³/mol. The van der Waals surface area contributed by atoms with Crippen molar-refractivity contribution in [2.75, 3.05) is 20.8 Å². The average Bonchev–Trinajstić information content (AvgIpc) is 2.25. The fourth-order valence-corrected chi connectivity index (χ4v) is 1.21. The summed E-state index contributed by atoms with van der Waals surface area (Å²) in [6.45, 7) is -0.249. The molecule has 0 fully saturated rings. The van der Waals surface area contributed by atoms with Crippen molar-refractivity contribution in [2.24, 2.45) is 0 Å². The summed E-state index contributed by atoms with van der Waals surface area (Å²) in [7, 11) is 3.17. The molecule has 0 aliphatic heterocycles. The van der Waals surface area contributed by atoms with E-state index in [-0.39, 0.29) is 6.61 Å². The normalized spacial score (nSPS) is 10.5. The highest BCUT2D eigenvalue weighted by Crippen LogP contribution is 2.29. The van der Waals surface area contributed by atoms with Crippen LogP contribution in [0.1, 0.15) is 5.56 Å². The summed E-state index contributed by atoms with van der Waals surface area (Å²) >= 11 is 0. The molecular formula is C11H13O3. The van der Waals surface area contributed by atoms with Crippen molar-refractivity contribution in [3.05, 3.63) is 29.8 Å². The van der Waals surface area contributed by atoms with Gasteiger partial charge in [0.15, 0.2) is 0 Å². The lowest BCUT2D eigenvalue weighted by molar-refractivity contribution is 0.233. The van der Waals surface area contributed by atoms with Gasteiger partial charge in [-0.2, -0.15) is 0 Å². The van der Waals surface area contributed by atoms with E-state index >= 15 is 0 Å². The Labute approximate surface area is 83.6 Å². The monoisotopic (exact) mass is 193 g/mol. The molecule has 1 aromatic carbocycles. The Morgan fingerprint density at radius 3 is 2.21 bits per heavy atom. The van der Waals surface area contributed by atoms with Gasteiger partial charge in [0.25, 0.3) is 0 Å². The van der Waals surface area contributed by atoms with E-state index in [4.69, 9.17) is 9.47 Å². The Kier molecular flexibility index (Phi) is 4.01. The van der Waals surface area contributed by atoms with E-state index in [1.54, 1.807) is 20.3 Å². The zero-order valence-electron chi connectivity index (χ0n) is 8.32. The maximum Gasteiger partial charge on any atom is 0.129 e. The number of rotatable bonds is 4. The van der Waals surface area contributed by atoms with Crippen LogP contribution in [0.5, 0.6) is 11.5 Å². The van der Waals surface area contributed by atoms with E-state index in [9.17, 15) is 5.11 Å². The molecule has 3 nitrogen and oxygen atoms in total. The van der Waals surface area contributed by atoms with Crippen LogP contribution in [-0.2, 0) is 5.11 Å². The highest BCUT2D eigenvalue weighted by Gasteiger charge is 2.05. The number of hydrogen-bond acceptors (Lipinski definition) is 2. The molecule has 1 rings (SSSR count). The SMILES string of the molecule is COc1cccc(OC)c1/C=C/C[O]. The molecule has 0 saturated carbocycles. The fourth-order valence-electron chi connectivity index (χ4n) is 1.21. The van der Waals surface area contributed by atoms with Crippen LogP contribution in [0, 0.1) is 0 Å². The van der Waals surface area contributed by atoms with Gasteiger partial charge in [0.05, 0.1) is 19.8 Å². The third-order valence-corrected chi connectivity index (χ3v) is 1.85. The quantitative estimate of drug-likeness (QED) is 0.734. The molecule has 0 aromatic heterocycles. The Hall–Kier alpha value is -1.48. The van der Waals surface area contributed by atoms with Gasteiger partial charge in [-0.25, -0.2) is 5.11 Å². The summed E-state index contributed by atoms with van der Waals surface area (Å²) in [5.41, 5.74) is 0.799. The second-order valence-electron chi connectivity index (χ2n) is 2.65. The third-order valence-electron chi connectivity index (χ3n) is 1.85. The van der Waals surface area contributed by atoms with Crippen molar-refractivity contribution in [2.45, 2.75) is 0 Å². The van der Waals surface area contributed by atoms with Crippen LogP contribution in [0.3, 0.4) is 0 Å². The molecule has 0 heterocycles. The number of ether oxygens (including phenoxy) is 2. The van der Waals surface area contributed by atoms with Crippen molar-refractivity contribution in [1.82, 2.24) is 0 Å². The Bertz CT molecular complexity index is 296. The summed E-state index contributed by atoms with van der Waals surface area (Å²) in [4.78, 5) is 0. The second-order valence-corrected chi connectivity index (χ2v) is 2.65. The van der Waals surface area contributed by atoms with Crippen molar-refractivity contribution in [1.29, 1.82) is 0 Å². The van der Waals surface area contributed by atoms with E-state index in [2.05, 4.69) is 0 Å². The van der Waals surface area contributed by atoms with E-state index < -0.39 is 0 Å². The molecule has 1 aromatic rings. The zero-order chi connectivity index (χ0) is 10.4. The lowest BCUT2D eigenvalue weighted by Crippen LogP contribution is -1.91. The summed E-state index contributed by atoms with van der Waals surface area (Å²) in [6.07, 6.45) is 3.24. The topological polar surface area (TPSA) is 38.4 Å². The zero-order valence-corrected chi connectivity index (χ0v) is 8.32. The molecule has 0 amide bonds. The van der Waals surface area contributed by atoms with Crippen molar-refractivity contribution >= 4 is 6.08 Å². The molecule has 0 bridgehead atoms. The second kappa shape index (κ2) is 5.29. The van der Waals surface area contributed by atoms with Gasteiger partial charge in [0, 0.05) is 0 Å². The summed E-state index contributed by atoms with van der Waals surface area (Å²) < 4.78 is 10.3. The smallest absolute Gasteiger partial charge is 0.129 e. The first-order chi connectivity index (χ1) is 6.83. The average molecular weight is 193 g/mol. The van der Waals surface area contributed by atoms with Gasteiger partial charge >= 0.3 is 0 Å². The van der Waals surface area contributed by atoms with Crippen molar-refractivity contribution in [3.63, 3.8) is 0 Å². The first-order valence-electron chi connectivity index (χ1n) is 4.29. The van der Waals surface area contributed by atoms with Crippen molar-refractivity contribution in [3.8, 4) is 11.5 Å². The standard InChI is InChI=1S/C11H13O3/c1-13-10-6-3-7-11(14-2)9(10)5-4-8-12/h3-7H,8H2,1-2H3/b5-4+. The lowest BCUT2D eigenvalue weighted by Gasteiger charge is -2.09. The summed E-state index contributed by atoms with van der Waals surface area (Å²) in [5.74, 6) is 1.41. The van der Waals surface area contributed by atoms with Gasteiger partial charge in [0.1, 0.15) is 18.1 Å². The largest absolute Gasteiger partial charge is 0.496 e. The fraction of sp³-hybridized carbons (Fsp3) is 0.273. The maximum atomic E-state index is 10.3. The van der Waals surface area contributed by atoms with Gasteiger partial charge < -0.3 is 9.47 Å². The Morgan fingerprint density at radius 1 is 1.21 bits per heavy atom. The van der Waals surface area contributed by atoms with Crippen LogP contribution < -0.4 is 9.47 Å².